The predicted molar refractivity (Wildman–Crippen MR) is 98.8 cm³/mol. The van der Waals surface area contributed by atoms with Gasteiger partial charge in [0.25, 0.3) is 0 Å². The Morgan fingerprint density at radius 3 is 2.81 bits per heavy atom. The average Bonchev–Trinajstić information content (AvgIpc) is 3.15. The molecule has 4 fully saturated rings. The molecule has 6 nitrogen and oxygen atoms in total. The molecule has 5 rings (SSSR count). The number of piperidine rings is 2. The number of fused-ring (bicyclic) bond motifs is 5. The van der Waals surface area contributed by atoms with E-state index in [1.54, 1.807) is 0 Å². The van der Waals surface area contributed by atoms with E-state index in [0.29, 0.717) is 12.6 Å². The van der Waals surface area contributed by atoms with Crippen LogP contribution in [0.5, 0.6) is 0 Å². The monoisotopic (exact) mass is 356 g/mol. The fraction of sp³-hybridized carbons (Fsp3) is 0.650. The first kappa shape index (κ1) is 16.5. The highest BCUT2D eigenvalue weighted by atomic mass is 16.6. The molecule has 4 bridgehead atoms. The van der Waals surface area contributed by atoms with Gasteiger partial charge in [0.05, 0.1) is 11.1 Å². The molecule has 140 valence electrons. The van der Waals surface area contributed by atoms with Crippen LogP contribution in [0.1, 0.15) is 31.2 Å². The molecule has 1 aromatic carbocycles. The molecule has 4 heterocycles. The lowest BCUT2D eigenvalue weighted by molar-refractivity contribution is 0.0890. The molecule has 0 radical (unpaired) electrons. The van der Waals surface area contributed by atoms with Gasteiger partial charge in [-0.3, -0.25) is 0 Å². The van der Waals surface area contributed by atoms with Gasteiger partial charge >= 0.3 is 6.09 Å². The third-order valence-corrected chi connectivity index (χ3v) is 7.01. The van der Waals surface area contributed by atoms with Gasteiger partial charge in [-0.25, -0.2) is 4.79 Å². The molecule has 4 aliphatic rings. The highest BCUT2D eigenvalue weighted by Crippen LogP contribution is 2.45. The Hall–Kier alpha value is -1.63. The second-order valence-corrected chi connectivity index (χ2v) is 8.40. The van der Waals surface area contributed by atoms with Crippen LogP contribution in [-0.4, -0.2) is 60.3 Å². The van der Waals surface area contributed by atoms with Crippen molar-refractivity contribution in [1.82, 2.24) is 20.9 Å². The van der Waals surface area contributed by atoms with Gasteiger partial charge < -0.3 is 25.6 Å². The highest BCUT2D eigenvalue weighted by Gasteiger charge is 2.62. The van der Waals surface area contributed by atoms with Crippen molar-refractivity contribution in [3.63, 3.8) is 0 Å². The Labute approximate surface area is 154 Å². The lowest BCUT2D eigenvalue weighted by atomic mass is 9.70. The number of amides is 1. The second kappa shape index (κ2) is 6.22. The number of rotatable bonds is 3. The molecule has 1 amide bonds. The molecule has 0 saturated carbocycles. The van der Waals surface area contributed by atoms with Gasteiger partial charge in [0.2, 0.25) is 0 Å². The molecular formula is C20H28N4O2. The second-order valence-electron chi connectivity index (χ2n) is 8.40. The van der Waals surface area contributed by atoms with Gasteiger partial charge in [-0.05, 0) is 44.3 Å². The molecule has 6 heteroatoms. The van der Waals surface area contributed by atoms with Crippen LogP contribution in [0.25, 0.3) is 0 Å². The maximum atomic E-state index is 12.8. The molecular weight excluding hydrogens is 328 g/mol. The van der Waals surface area contributed by atoms with Crippen LogP contribution in [0.2, 0.25) is 0 Å². The topological polar surface area (TPSA) is 65.6 Å². The zero-order valence-corrected chi connectivity index (χ0v) is 15.2. The summed E-state index contributed by atoms with van der Waals surface area (Å²) in [6, 6.07) is 10.8. The summed E-state index contributed by atoms with van der Waals surface area (Å²) in [6.45, 7) is 4.11. The van der Waals surface area contributed by atoms with Crippen LogP contribution in [0, 0.1) is 0 Å². The van der Waals surface area contributed by atoms with E-state index in [-0.39, 0.29) is 23.2 Å². The van der Waals surface area contributed by atoms with E-state index >= 15 is 0 Å². The predicted octanol–water partition coefficient (Wildman–Crippen LogP) is 1.22. The van der Waals surface area contributed by atoms with Crippen molar-refractivity contribution in [2.24, 2.45) is 0 Å². The van der Waals surface area contributed by atoms with Crippen molar-refractivity contribution in [2.45, 2.75) is 55.5 Å². The molecule has 4 atom stereocenters. The first-order valence-corrected chi connectivity index (χ1v) is 9.91. The number of nitrogens with zero attached hydrogens (tertiary/aromatic N) is 1. The first-order valence-electron chi connectivity index (χ1n) is 9.91. The Balaban J connectivity index is 1.31. The van der Waals surface area contributed by atoms with Crippen LogP contribution in [0.3, 0.4) is 0 Å². The van der Waals surface area contributed by atoms with Crippen molar-refractivity contribution >= 4 is 6.09 Å². The Morgan fingerprint density at radius 2 is 1.92 bits per heavy atom. The van der Waals surface area contributed by atoms with Crippen LogP contribution < -0.4 is 16.0 Å². The average molecular weight is 356 g/mol. The summed E-state index contributed by atoms with van der Waals surface area (Å²) < 4.78 is 5.65. The van der Waals surface area contributed by atoms with Gasteiger partial charge in [0.1, 0.15) is 6.61 Å². The summed E-state index contributed by atoms with van der Waals surface area (Å²) in [5.41, 5.74) is 1.05. The van der Waals surface area contributed by atoms with Crippen molar-refractivity contribution in [2.75, 3.05) is 26.2 Å². The smallest absolute Gasteiger partial charge is 0.410 e. The summed E-state index contributed by atoms with van der Waals surface area (Å²) in [5, 5.41) is 11.3. The van der Waals surface area contributed by atoms with Crippen molar-refractivity contribution in [1.29, 1.82) is 0 Å². The van der Waals surface area contributed by atoms with Gasteiger partial charge in [0, 0.05) is 25.2 Å². The van der Waals surface area contributed by atoms with E-state index in [4.69, 9.17) is 4.74 Å². The molecule has 0 aliphatic carbocycles. The fourth-order valence-corrected chi connectivity index (χ4v) is 5.63. The first-order chi connectivity index (χ1) is 12.7. The van der Waals surface area contributed by atoms with E-state index in [1.807, 2.05) is 35.2 Å². The molecule has 4 unspecified atom stereocenters. The number of hydrogen-bond acceptors (Lipinski definition) is 5. The quantitative estimate of drug-likeness (QED) is 0.760. The van der Waals surface area contributed by atoms with Crippen LogP contribution in [0.15, 0.2) is 30.3 Å². The number of ether oxygens (including phenoxy) is 1. The normalized spacial score (nSPS) is 38.4. The maximum Gasteiger partial charge on any atom is 0.410 e. The van der Waals surface area contributed by atoms with E-state index in [9.17, 15) is 4.79 Å². The number of likely N-dealkylation sites (tertiary alicyclic amines) is 1. The molecule has 0 aromatic heterocycles. The number of benzene rings is 1. The summed E-state index contributed by atoms with van der Waals surface area (Å²) in [5.74, 6) is 0. The minimum absolute atomic E-state index is 0.0378. The van der Waals surface area contributed by atoms with E-state index in [1.165, 1.54) is 6.42 Å². The minimum Gasteiger partial charge on any atom is -0.445 e. The largest absolute Gasteiger partial charge is 0.445 e. The standard InChI is InChI=1S/C20H28N4O2/c25-18(26-12-15-4-2-1-3-5-15)24-14-20(11-17(24)7-9-23-20)19-10-16(21-13-19)6-8-22-19/h1-5,16-17,21-23H,6-14H2. The third-order valence-electron chi connectivity index (χ3n) is 7.01. The Bertz CT molecular complexity index is 680. The fourth-order valence-electron chi connectivity index (χ4n) is 5.63. The molecule has 0 spiro atoms. The molecule has 4 aliphatic heterocycles. The van der Waals surface area contributed by atoms with E-state index in [2.05, 4.69) is 16.0 Å². The number of carbonyl (C=O) groups is 1. The summed E-state index contributed by atoms with van der Waals surface area (Å²) in [6.07, 6.45) is 4.22. The summed E-state index contributed by atoms with van der Waals surface area (Å²) in [4.78, 5) is 14.8. The number of nitrogens with one attached hydrogen (secondary N) is 3. The number of hydrogen-bond donors (Lipinski definition) is 3. The molecule has 4 saturated heterocycles. The maximum absolute atomic E-state index is 12.8. The Morgan fingerprint density at radius 1 is 1.12 bits per heavy atom. The van der Waals surface area contributed by atoms with Crippen molar-refractivity contribution in [3.8, 4) is 0 Å². The highest BCUT2D eigenvalue weighted by molar-refractivity contribution is 5.69. The van der Waals surface area contributed by atoms with Crippen molar-refractivity contribution < 1.29 is 9.53 Å². The van der Waals surface area contributed by atoms with Gasteiger partial charge in [-0.15, -0.1) is 0 Å². The van der Waals surface area contributed by atoms with Crippen LogP contribution >= 0.6 is 0 Å². The zero-order valence-electron chi connectivity index (χ0n) is 15.2. The van der Waals surface area contributed by atoms with E-state index < -0.39 is 0 Å². The van der Waals surface area contributed by atoms with Gasteiger partial charge in [0.15, 0.2) is 0 Å². The third kappa shape index (κ3) is 2.54. The van der Waals surface area contributed by atoms with E-state index in [0.717, 1.165) is 51.0 Å². The molecule has 26 heavy (non-hydrogen) atoms. The van der Waals surface area contributed by atoms with Crippen LogP contribution in [0.4, 0.5) is 4.79 Å². The summed E-state index contributed by atoms with van der Waals surface area (Å²) >= 11 is 0. The van der Waals surface area contributed by atoms with Gasteiger partial charge in [-0.2, -0.15) is 0 Å². The number of carbonyl (C=O) groups excluding carboxylic acids is 1. The molecule has 1 aromatic rings. The molecule has 3 N–H and O–H groups in total. The summed E-state index contributed by atoms with van der Waals surface area (Å²) in [7, 11) is 0. The lowest BCUT2D eigenvalue weighted by Crippen LogP contribution is -2.73. The lowest BCUT2D eigenvalue weighted by Gasteiger charge is -2.50. The van der Waals surface area contributed by atoms with Crippen molar-refractivity contribution in [3.05, 3.63) is 35.9 Å². The zero-order chi connectivity index (χ0) is 17.6. The Kier molecular flexibility index (Phi) is 3.95. The van der Waals surface area contributed by atoms with Gasteiger partial charge in [-0.1, -0.05) is 30.3 Å². The SMILES string of the molecule is O=C(OCc1ccccc1)N1CC2(C34CNC(CCN3)C4)CC1CCN2. The minimum atomic E-state index is -0.167. The van der Waals surface area contributed by atoms with Crippen LogP contribution in [-0.2, 0) is 11.3 Å².